The highest BCUT2D eigenvalue weighted by Crippen LogP contribution is 2.11. The van der Waals surface area contributed by atoms with E-state index in [0.29, 0.717) is 0 Å². The standard InChI is InChI=1S/C6H7NO2S/c1-4-5(2-6(8)9)10-3-7-4/h3H,2H2,1H3,(H,8,9). The quantitative estimate of drug-likeness (QED) is 0.698. The Hall–Kier alpha value is -0.900. The lowest BCUT2D eigenvalue weighted by Gasteiger charge is -1.89. The van der Waals surface area contributed by atoms with E-state index in [-0.39, 0.29) is 6.42 Å². The first-order chi connectivity index (χ1) is 4.70. The fourth-order valence-corrected chi connectivity index (χ4v) is 1.40. The number of carbonyl (C=O) groups is 1. The predicted octanol–water partition coefficient (Wildman–Crippen LogP) is 1.08. The molecule has 4 heteroatoms. The summed E-state index contributed by atoms with van der Waals surface area (Å²) in [6.45, 7) is 1.81. The summed E-state index contributed by atoms with van der Waals surface area (Å²) in [4.78, 5) is 15.0. The molecule has 0 aliphatic rings. The lowest BCUT2D eigenvalue weighted by molar-refractivity contribution is -0.136. The van der Waals surface area contributed by atoms with Crippen molar-refractivity contribution in [3.63, 3.8) is 0 Å². The number of carboxylic acid groups (broad SMARTS) is 1. The van der Waals surface area contributed by atoms with Gasteiger partial charge in [0.05, 0.1) is 17.6 Å². The Labute approximate surface area is 62.3 Å². The van der Waals surface area contributed by atoms with Crippen LogP contribution in [-0.2, 0) is 11.2 Å². The average Bonchev–Trinajstić information content (AvgIpc) is 2.15. The topological polar surface area (TPSA) is 50.2 Å². The minimum atomic E-state index is -0.799. The zero-order chi connectivity index (χ0) is 7.56. The molecule has 0 aliphatic carbocycles. The van der Waals surface area contributed by atoms with Crippen molar-refractivity contribution in [1.82, 2.24) is 4.98 Å². The summed E-state index contributed by atoms with van der Waals surface area (Å²) in [6, 6.07) is 0. The number of rotatable bonds is 2. The van der Waals surface area contributed by atoms with Gasteiger partial charge in [-0.15, -0.1) is 11.3 Å². The van der Waals surface area contributed by atoms with Gasteiger partial charge in [0, 0.05) is 4.88 Å². The van der Waals surface area contributed by atoms with Gasteiger partial charge < -0.3 is 5.11 Å². The molecule has 0 unspecified atom stereocenters. The molecule has 0 spiro atoms. The first-order valence-electron chi connectivity index (χ1n) is 2.81. The van der Waals surface area contributed by atoms with Gasteiger partial charge in [-0.2, -0.15) is 0 Å². The maximum atomic E-state index is 10.2. The van der Waals surface area contributed by atoms with Gasteiger partial charge in [-0.1, -0.05) is 0 Å². The Morgan fingerprint density at radius 3 is 3.00 bits per heavy atom. The van der Waals surface area contributed by atoms with Crippen molar-refractivity contribution in [2.45, 2.75) is 13.3 Å². The first kappa shape index (κ1) is 7.21. The van der Waals surface area contributed by atoms with E-state index in [4.69, 9.17) is 5.11 Å². The maximum absolute atomic E-state index is 10.2. The molecular weight excluding hydrogens is 150 g/mol. The predicted molar refractivity (Wildman–Crippen MR) is 38.2 cm³/mol. The zero-order valence-electron chi connectivity index (χ0n) is 5.50. The van der Waals surface area contributed by atoms with Gasteiger partial charge in [0.2, 0.25) is 0 Å². The summed E-state index contributed by atoms with van der Waals surface area (Å²) in [6.07, 6.45) is 0.0938. The molecule has 0 fully saturated rings. The smallest absolute Gasteiger partial charge is 0.308 e. The van der Waals surface area contributed by atoms with Crippen LogP contribution in [0.1, 0.15) is 10.6 Å². The van der Waals surface area contributed by atoms with Crippen LogP contribution in [0.5, 0.6) is 0 Å². The number of hydrogen-bond acceptors (Lipinski definition) is 3. The SMILES string of the molecule is Cc1ncsc1CC(=O)O. The highest BCUT2D eigenvalue weighted by atomic mass is 32.1. The second-order valence-electron chi connectivity index (χ2n) is 1.93. The number of aryl methyl sites for hydroxylation is 1. The molecule has 0 bridgehead atoms. The molecule has 0 aromatic carbocycles. The summed E-state index contributed by atoms with van der Waals surface area (Å²) in [5, 5.41) is 8.39. The van der Waals surface area contributed by atoms with Crippen LogP contribution in [0.2, 0.25) is 0 Å². The van der Waals surface area contributed by atoms with Crippen molar-refractivity contribution < 1.29 is 9.90 Å². The number of thiazole rings is 1. The van der Waals surface area contributed by atoms with Crippen molar-refractivity contribution in [3.05, 3.63) is 16.1 Å². The van der Waals surface area contributed by atoms with Crippen molar-refractivity contribution in [2.24, 2.45) is 0 Å². The minimum Gasteiger partial charge on any atom is -0.481 e. The van der Waals surface area contributed by atoms with E-state index in [9.17, 15) is 4.79 Å². The van der Waals surface area contributed by atoms with Crippen molar-refractivity contribution in [2.75, 3.05) is 0 Å². The van der Waals surface area contributed by atoms with Gasteiger partial charge in [0.15, 0.2) is 0 Å². The van der Waals surface area contributed by atoms with Gasteiger partial charge >= 0.3 is 5.97 Å². The minimum absolute atomic E-state index is 0.0938. The molecule has 10 heavy (non-hydrogen) atoms. The second kappa shape index (κ2) is 2.79. The Balaban J connectivity index is 2.74. The van der Waals surface area contributed by atoms with E-state index in [1.165, 1.54) is 11.3 Å². The molecular formula is C6H7NO2S. The first-order valence-corrected chi connectivity index (χ1v) is 3.69. The summed E-state index contributed by atoms with van der Waals surface area (Å²) < 4.78 is 0. The Morgan fingerprint density at radius 1 is 1.90 bits per heavy atom. The highest BCUT2D eigenvalue weighted by molar-refractivity contribution is 7.09. The van der Waals surface area contributed by atoms with E-state index in [1.54, 1.807) is 5.51 Å². The second-order valence-corrected chi connectivity index (χ2v) is 2.87. The number of aliphatic carboxylic acids is 1. The van der Waals surface area contributed by atoms with Crippen molar-refractivity contribution in [3.8, 4) is 0 Å². The van der Waals surface area contributed by atoms with Crippen LogP contribution in [-0.4, -0.2) is 16.1 Å². The number of hydrogen-bond donors (Lipinski definition) is 1. The third-order valence-corrected chi connectivity index (χ3v) is 2.09. The molecule has 1 N–H and O–H groups in total. The molecule has 0 amide bonds. The fourth-order valence-electron chi connectivity index (χ4n) is 0.633. The Kier molecular flexibility index (Phi) is 2.01. The van der Waals surface area contributed by atoms with Crippen LogP contribution in [0.3, 0.4) is 0 Å². The van der Waals surface area contributed by atoms with Crippen LogP contribution in [0.4, 0.5) is 0 Å². The molecule has 1 aromatic rings. The molecule has 1 aromatic heterocycles. The van der Waals surface area contributed by atoms with E-state index in [0.717, 1.165) is 10.6 Å². The van der Waals surface area contributed by atoms with Crippen LogP contribution >= 0.6 is 11.3 Å². The zero-order valence-corrected chi connectivity index (χ0v) is 6.31. The molecule has 0 aliphatic heterocycles. The summed E-state index contributed by atoms with van der Waals surface area (Å²) in [7, 11) is 0. The lowest BCUT2D eigenvalue weighted by Crippen LogP contribution is -1.99. The Bertz CT molecular complexity index is 244. The molecule has 3 nitrogen and oxygen atoms in total. The average molecular weight is 157 g/mol. The van der Waals surface area contributed by atoms with E-state index < -0.39 is 5.97 Å². The fraction of sp³-hybridized carbons (Fsp3) is 0.333. The number of nitrogens with zero attached hydrogens (tertiary/aromatic N) is 1. The largest absolute Gasteiger partial charge is 0.481 e. The van der Waals surface area contributed by atoms with E-state index >= 15 is 0 Å². The maximum Gasteiger partial charge on any atom is 0.308 e. The van der Waals surface area contributed by atoms with Gasteiger partial charge in [-0.05, 0) is 6.92 Å². The van der Waals surface area contributed by atoms with Crippen LogP contribution in [0, 0.1) is 6.92 Å². The van der Waals surface area contributed by atoms with Crippen LogP contribution < -0.4 is 0 Å². The molecule has 1 heterocycles. The van der Waals surface area contributed by atoms with E-state index in [1.807, 2.05) is 6.92 Å². The lowest BCUT2D eigenvalue weighted by atomic mass is 10.3. The third-order valence-electron chi connectivity index (χ3n) is 1.16. The van der Waals surface area contributed by atoms with Gasteiger partial charge in [0.1, 0.15) is 0 Å². The van der Waals surface area contributed by atoms with Gasteiger partial charge in [-0.3, -0.25) is 4.79 Å². The van der Waals surface area contributed by atoms with Crippen LogP contribution in [0.25, 0.3) is 0 Å². The Morgan fingerprint density at radius 2 is 2.60 bits per heavy atom. The summed E-state index contributed by atoms with van der Waals surface area (Å²) in [5.41, 5.74) is 2.49. The van der Waals surface area contributed by atoms with Gasteiger partial charge in [0.25, 0.3) is 0 Å². The number of aromatic nitrogens is 1. The van der Waals surface area contributed by atoms with Gasteiger partial charge in [-0.25, -0.2) is 4.98 Å². The van der Waals surface area contributed by atoms with Crippen molar-refractivity contribution in [1.29, 1.82) is 0 Å². The normalized spacial score (nSPS) is 9.70. The molecule has 54 valence electrons. The summed E-state index contributed by atoms with van der Waals surface area (Å²) in [5.74, 6) is -0.799. The van der Waals surface area contributed by atoms with Crippen LogP contribution in [0.15, 0.2) is 5.51 Å². The molecule has 0 radical (unpaired) electrons. The third kappa shape index (κ3) is 1.54. The molecule has 0 saturated carbocycles. The summed E-state index contributed by atoms with van der Waals surface area (Å²) >= 11 is 1.39. The van der Waals surface area contributed by atoms with E-state index in [2.05, 4.69) is 4.98 Å². The molecule has 0 atom stereocenters. The number of carboxylic acids is 1. The monoisotopic (exact) mass is 157 g/mol. The van der Waals surface area contributed by atoms with Crippen molar-refractivity contribution >= 4 is 17.3 Å². The highest BCUT2D eigenvalue weighted by Gasteiger charge is 2.04. The molecule has 1 rings (SSSR count). The molecule has 0 saturated heterocycles.